The largest absolute Gasteiger partial charge is 0.327 e. The highest BCUT2D eigenvalue weighted by Crippen LogP contribution is 2.32. The van der Waals surface area contributed by atoms with Crippen LogP contribution in [0.4, 0.5) is 0 Å². The highest BCUT2D eigenvalue weighted by molar-refractivity contribution is 4.80. The topological polar surface area (TPSA) is 29.3 Å². The van der Waals surface area contributed by atoms with E-state index in [9.17, 15) is 0 Å². The molecular formula is C13H28N2. The number of hydrogen-bond donors (Lipinski definition) is 1. The van der Waals surface area contributed by atoms with Crippen molar-refractivity contribution in [1.29, 1.82) is 0 Å². The summed E-state index contributed by atoms with van der Waals surface area (Å²) in [6.07, 6.45) is 8.09. The van der Waals surface area contributed by atoms with Crippen molar-refractivity contribution in [3.05, 3.63) is 0 Å². The SMILES string of the molecule is CCC1CCCC(C(N)CCN(C)C)C1. The Hall–Kier alpha value is -0.0800. The second kappa shape index (κ2) is 6.49. The van der Waals surface area contributed by atoms with E-state index in [0.717, 1.165) is 24.8 Å². The molecule has 90 valence electrons. The van der Waals surface area contributed by atoms with Gasteiger partial charge in [0.1, 0.15) is 0 Å². The second-order valence-corrected chi connectivity index (χ2v) is 5.46. The van der Waals surface area contributed by atoms with Crippen LogP contribution in [-0.4, -0.2) is 31.6 Å². The van der Waals surface area contributed by atoms with E-state index in [1.165, 1.54) is 32.1 Å². The fourth-order valence-corrected chi connectivity index (χ4v) is 2.74. The summed E-state index contributed by atoms with van der Waals surface area (Å²) in [6, 6.07) is 0.432. The maximum absolute atomic E-state index is 6.29. The van der Waals surface area contributed by atoms with Crippen LogP contribution in [0.2, 0.25) is 0 Å². The minimum absolute atomic E-state index is 0.432. The first-order chi connectivity index (χ1) is 7.13. The normalized spacial score (nSPS) is 29.4. The van der Waals surface area contributed by atoms with Crippen molar-refractivity contribution in [2.24, 2.45) is 17.6 Å². The van der Waals surface area contributed by atoms with Gasteiger partial charge in [-0.15, -0.1) is 0 Å². The average Bonchev–Trinajstić information content (AvgIpc) is 2.26. The first kappa shape index (κ1) is 13.0. The van der Waals surface area contributed by atoms with Crippen LogP contribution >= 0.6 is 0 Å². The van der Waals surface area contributed by atoms with Gasteiger partial charge in [0.2, 0.25) is 0 Å². The molecule has 0 spiro atoms. The zero-order valence-electron chi connectivity index (χ0n) is 10.7. The van der Waals surface area contributed by atoms with Gasteiger partial charge in [-0.2, -0.15) is 0 Å². The molecule has 2 N–H and O–H groups in total. The molecule has 0 amide bonds. The summed E-state index contributed by atoms with van der Waals surface area (Å²) in [5.41, 5.74) is 6.29. The molecule has 0 aromatic carbocycles. The summed E-state index contributed by atoms with van der Waals surface area (Å²) in [5, 5.41) is 0. The van der Waals surface area contributed by atoms with E-state index in [1.54, 1.807) is 0 Å². The fourth-order valence-electron chi connectivity index (χ4n) is 2.74. The van der Waals surface area contributed by atoms with Crippen LogP contribution in [-0.2, 0) is 0 Å². The van der Waals surface area contributed by atoms with Crippen LogP contribution in [0.25, 0.3) is 0 Å². The van der Waals surface area contributed by atoms with Gasteiger partial charge in [-0.1, -0.05) is 26.2 Å². The van der Waals surface area contributed by atoms with Crippen LogP contribution in [0.3, 0.4) is 0 Å². The van der Waals surface area contributed by atoms with Gasteiger partial charge in [-0.3, -0.25) is 0 Å². The molecule has 0 heterocycles. The average molecular weight is 212 g/mol. The summed E-state index contributed by atoms with van der Waals surface area (Å²) >= 11 is 0. The van der Waals surface area contributed by atoms with Crippen molar-refractivity contribution in [2.45, 2.75) is 51.5 Å². The number of nitrogens with zero attached hydrogens (tertiary/aromatic N) is 1. The fraction of sp³-hybridized carbons (Fsp3) is 1.00. The molecule has 0 aromatic rings. The Bertz CT molecular complexity index is 168. The number of rotatable bonds is 5. The van der Waals surface area contributed by atoms with Crippen molar-refractivity contribution in [2.75, 3.05) is 20.6 Å². The second-order valence-electron chi connectivity index (χ2n) is 5.46. The summed E-state index contributed by atoms with van der Waals surface area (Å²) < 4.78 is 0. The molecule has 1 fully saturated rings. The minimum Gasteiger partial charge on any atom is -0.327 e. The maximum Gasteiger partial charge on any atom is 0.00794 e. The molecule has 1 rings (SSSR count). The van der Waals surface area contributed by atoms with Gasteiger partial charge in [0.25, 0.3) is 0 Å². The van der Waals surface area contributed by atoms with Gasteiger partial charge >= 0.3 is 0 Å². The lowest BCUT2D eigenvalue weighted by Crippen LogP contribution is -2.36. The molecular weight excluding hydrogens is 184 g/mol. The van der Waals surface area contributed by atoms with Crippen molar-refractivity contribution in [1.82, 2.24) is 4.90 Å². The molecule has 0 aliphatic heterocycles. The Morgan fingerprint density at radius 1 is 1.33 bits per heavy atom. The van der Waals surface area contributed by atoms with Crippen molar-refractivity contribution < 1.29 is 0 Å². The Balaban J connectivity index is 2.28. The molecule has 15 heavy (non-hydrogen) atoms. The standard InChI is InChI=1S/C13H28N2/c1-4-11-6-5-7-12(10-11)13(14)8-9-15(2)3/h11-13H,4-10,14H2,1-3H3. The Kier molecular flexibility index (Phi) is 5.62. The molecule has 0 aromatic heterocycles. The molecule has 0 radical (unpaired) electrons. The summed E-state index contributed by atoms with van der Waals surface area (Å²) in [6.45, 7) is 3.45. The van der Waals surface area contributed by atoms with Crippen molar-refractivity contribution >= 4 is 0 Å². The Morgan fingerprint density at radius 2 is 2.07 bits per heavy atom. The smallest absolute Gasteiger partial charge is 0.00794 e. The third kappa shape index (κ3) is 4.52. The Morgan fingerprint density at radius 3 is 2.67 bits per heavy atom. The quantitative estimate of drug-likeness (QED) is 0.758. The molecule has 1 saturated carbocycles. The molecule has 3 atom stereocenters. The first-order valence-electron chi connectivity index (χ1n) is 6.53. The molecule has 2 heteroatoms. The maximum atomic E-state index is 6.29. The van der Waals surface area contributed by atoms with E-state index in [2.05, 4.69) is 25.9 Å². The van der Waals surface area contributed by atoms with Gasteiger partial charge in [0.05, 0.1) is 0 Å². The van der Waals surface area contributed by atoms with E-state index >= 15 is 0 Å². The van der Waals surface area contributed by atoms with Gasteiger partial charge in [-0.25, -0.2) is 0 Å². The third-order valence-electron chi connectivity index (χ3n) is 3.92. The number of nitrogens with two attached hydrogens (primary N) is 1. The highest BCUT2D eigenvalue weighted by atomic mass is 15.0. The van der Waals surface area contributed by atoms with E-state index in [1.807, 2.05) is 0 Å². The molecule has 1 aliphatic carbocycles. The Labute approximate surface area is 95.2 Å². The van der Waals surface area contributed by atoms with Gasteiger partial charge in [-0.05, 0) is 51.7 Å². The van der Waals surface area contributed by atoms with E-state index in [4.69, 9.17) is 5.73 Å². The van der Waals surface area contributed by atoms with Crippen LogP contribution in [0.5, 0.6) is 0 Å². The van der Waals surface area contributed by atoms with Crippen molar-refractivity contribution in [3.63, 3.8) is 0 Å². The van der Waals surface area contributed by atoms with Crippen LogP contribution < -0.4 is 5.73 Å². The zero-order chi connectivity index (χ0) is 11.3. The molecule has 2 nitrogen and oxygen atoms in total. The minimum atomic E-state index is 0.432. The molecule has 0 bridgehead atoms. The highest BCUT2D eigenvalue weighted by Gasteiger charge is 2.25. The summed E-state index contributed by atoms with van der Waals surface area (Å²) in [7, 11) is 4.25. The van der Waals surface area contributed by atoms with Gasteiger partial charge in [0, 0.05) is 6.04 Å². The monoisotopic (exact) mass is 212 g/mol. The van der Waals surface area contributed by atoms with E-state index in [0.29, 0.717) is 6.04 Å². The van der Waals surface area contributed by atoms with E-state index < -0.39 is 0 Å². The third-order valence-corrected chi connectivity index (χ3v) is 3.92. The predicted octanol–water partition coefficient (Wildman–Crippen LogP) is 2.48. The summed E-state index contributed by atoms with van der Waals surface area (Å²) in [4.78, 5) is 2.24. The van der Waals surface area contributed by atoms with Gasteiger partial charge < -0.3 is 10.6 Å². The van der Waals surface area contributed by atoms with Crippen LogP contribution in [0.15, 0.2) is 0 Å². The lowest BCUT2D eigenvalue weighted by Gasteiger charge is -2.32. The zero-order valence-corrected chi connectivity index (χ0v) is 10.7. The lowest BCUT2D eigenvalue weighted by molar-refractivity contribution is 0.215. The molecule has 1 aliphatic rings. The van der Waals surface area contributed by atoms with Crippen LogP contribution in [0, 0.1) is 11.8 Å². The van der Waals surface area contributed by atoms with Crippen molar-refractivity contribution in [3.8, 4) is 0 Å². The molecule has 0 saturated heterocycles. The lowest BCUT2D eigenvalue weighted by atomic mass is 9.76. The summed E-state index contributed by atoms with van der Waals surface area (Å²) in [5.74, 6) is 1.75. The predicted molar refractivity (Wildman–Crippen MR) is 66.9 cm³/mol. The van der Waals surface area contributed by atoms with Gasteiger partial charge in [0.15, 0.2) is 0 Å². The van der Waals surface area contributed by atoms with Crippen LogP contribution in [0.1, 0.15) is 45.4 Å². The first-order valence-corrected chi connectivity index (χ1v) is 6.53. The van der Waals surface area contributed by atoms with E-state index in [-0.39, 0.29) is 0 Å². The number of hydrogen-bond acceptors (Lipinski definition) is 2. The molecule has 3 unspecified atom stereocenters.